The Kier molecular flexibility index (Phi) is 7.97. The molecule has 3 aliphatic heterocycles. The van der Waals surface area contributed by atoms with Gasteiger partial charge in [0.15, 0.2) is 0 Å². The summed E-state index contributed by atoms with van der Waals surface area (Å²) < 4.78 is 5.41. The molecule has 3 saturated heterocycles. The Balaban J connectivity index is 0.000000960. The second-order valence-electron chi connectivity index (χ2n) is 6.60. The minimum Gasteiger partial charge on any atom is -0.378 e. The molecule has 1 unspecified atom stereocenters. The van der Waals surface area contributed by atoms with Gasteiger partial charge in [0.25, 0.3) is 0 Å². The first kappa shape index (κ1) is 21.7. The van der Waals surface area contributed by atoms with Crippen LogP contribution in [-0.4, -0.2) is 74.4 Å². The zero-order valence-corrected chi connectivity index (χ0v) is 16.3. The van der Waals surface area contributed by atoms with Crippen LogP contribution >= 0.6 is 37.2 Å². The lowest BCUT2D eigenvalue weighted by atomic mass is 9.71. The molecular formula is C15H26Cl3N5O. The van der Waals surface area contributed by atoms with E-state index >= 15 is 0 Å². The van der Waals surface area contributed by atoms with Crippen molar-refractivity contribution in [1.29, 1.82) is 0 Å². The summed E-state index contributed by atoms with van der Waals surface area (Å²) in [6.45, 7) is 7.81. The van der Waals surface area contributed by atoms with Crippen molar-refractivity contribution >= 4 is 43.2 Å². The molecule has 0 saturated carbocycles. The van der Waals surface area contributed by atoms with Crippen LogP contribution in [0.4, 0.5) is 5.95 Å². The van der Waals surface area contributed by atoms with E-state index in [2.05, 4.69) is 33.2 Å². The zero-order valence-electron chi connectivity index (χ0n) is 13.8. The molecule has 0 bridgehead atoms. The van der Waals surface area contributed by atoms with Crippen molar-refractivity contribution in [2.45, 2.75) is 5.92 Å². The fraction of sp³-hybridized carbons (Fsp3) is 0.733. The number of anilines is 1. The minimum atomic E-state index is 0. The van der Waals surface area contributed by atoms with Gasteiger partial charge in [0.05, 0.1) is 18.9 Å². The van der Waals surface area contributed by atoms with Crippen molar-refractivity contribution in [3.8, 4) is 0 Å². The molecule has 1 spiro atoms. The Bertz CT molecular complexity index is 526. The molecular weight excluding hydrogens is 373 g/mol. The highest BCUT2D eigenvalue weighted by molar-refractivity contribution is 5.86. The monoisotopic (exact) mass is 397 g/mol. The summed E-state index contributed by atoms with van der Waals surface area (Å²) in [5.74, 6) is 1.39. The second kappa shape index (κ2) is 8.83. The predicted octanol–water partition coefficient (Wildman–Crippen LogP) is 1.20. The van der Waals surface area contributed by atoms with Gasteiger partial charge in [-0.05, 0) is 13.1 Å². The number of halogens is 3. The summed E-state index contributed by atoms with van der Waals surface area (Å²) in [5, 5.41) is 3.45. The second-order valence-corrected chi connectivity index (χ2v) is 6.60. The van der Waals surface area contributed by atoms with Gasteiger partial charge in [-0.3, -0.25) is 0 Å². The Morgan fingerprint density at radius 3 is 2.54 bits per heavy atom. The van der Waals surface area contributed by atoms with Crippen molar-refractivity contribution in [2.24, 2.45) is 5.41 Å². The van der Waals surface area contributed by atoms with Crippen molar-refractivity contribution < 1.29 is 4.74 Å². The highest BCUT2D eigenvalue weighted by Crippen LogP contribution is 2.44. The van der Waals surface area contributed by atoms with Crippen molar-refractivity contribution in [3.05, 3.63) is 18.0 Å². The third-order valence-electron chi connectivity index (χ3n) is 5.09. The van der Waals surface area contributed by atoms with E-state index in [-0.39, 0.29) is 37.2 Å². The van der Waals surface area contributed by atoms with Gasteiger partial charge in [0.2, 0.25) is 5.95 Å². The molecule has 1 atom stereocenters. The molecule has 1 N–H and O–H groups in total. The number of ether oxygens (including phenoxy) is 1. The van der Waals surface area contributed by atoms with Crippen LogP contribution in [0.25, 0.3) is 0 Å². The molecule has 4 rings (SSSR count). The Morgan fingerprint density at radius 1 is 1.21 bits per heavy atom. The van der Waals surface area contributed by atoms with Gasteiger partial charge in [-0.1, -0.05) is 0 Å². The van der Waals surface area contributed by atoms with Crippen LogP contribution in [0, 0.1) is 5.41 Å². The van der Waals surface area contributed by atoms with Crippen molar-refractivity contribution in [3.63, 3.8) is 0 Å². The molecule has 0 amide bonds. The Labute approximate surface area is 162 Å². The topological polar surface area (TPSA) is 53.5 Å². The van der Waals surface area contributed by atoms with E-state index in [0.717, 1.165) is 51.9 Å². The maximum Gasteiger partial charge on any atom is 0.225 e. The predicted molar refractivity (Wildman–Crippen MR) is 102 cm³/mol. The molecule has 1 aromatic heterocycles. The number of nitrogens with zero attached hydrogens (tertiary/aromatic N) is 4. The van der Waals surface area contributed by atoms with Gasteiger partial charge in [-0.15, -0.1) is 37.2 Å². The lowest BCUT2D eigenvalue weighted by Gasteiger charge is -2.43. The molecule has 6 nitrogen and oxygen atoms in total. The quantitative estimate of drug-likeness (QED) is 0.808. The van der Waals surface area contributed by atoms with Gasteiger partial charge < -0.3 is 19.9 Å². The first-order chi connectivity index (χ1) is 10.3. The lowest BCUT2D eigenvalue weighted by molar-refractivity contribution is 0.122. The molecule has 3 fully saturated rings. The molecule has 0 aromatic carbocycles. The van der Waals surface area contributed by atoms with Crippen LogP contribution in [-0.2, 0) is 4.74 Å². The number of hydrogen-bond donors (Lipinski definition) is 1. The van der Waals surface area contributed by atoms with E-state index in [9.17, 15) is 0 Å². The minimum absolute atomic E-state index is 0. The fourth-order valence-corrected chi connectivity index (χ4v) is 3.90. The van der Waals surface area contributed by atoms with E-state index in [1.54, 1.807) is 0 Å². The third-order valence-corrected chi connectivity index (χ3v) is 5.09. The number of likely N-dealkylation sites (N-methyl/N-ethyl adjacent to an activating group) is 1. The van der Waals surface area contributed by atoms with Gasteiger partial charge >= 0.3 is 0 Å². The summed E-state index contributed by atoms with van der Waals surface area (Å²) in [7, 11) is 2.21. The van der Waals surface area contributed by atoms with E-state index < -0.39 is 0 Å². The largest absolute Gasteiger partial charge is 0.378 e. The smallest absolute Gasteiger partial charge is 0.225 e. The molecule has 3 aliphatic rings. The third kappa shape index (κ3) is 3.89. The van der Waals surface area contributed by atoms with E-state index in [1.807, 2.05) is 6.20 Å². The van der Waals surface area contributed by atoms with E-state index in [0.29, 0.717) is 11.3 Å². The number of hydrogen-bond acceptors (Lipinski definition) is 6. The molecule has 24 heavy (non-hydrogen) atoms. The van der Waals surface area contributed by atoms with Crippen LogP contribution in [0.1, 0.15) is 11.6 Å². The Morgan fingerprint density at radius 2 is 1.92 bits per heavy atom. The van der Waals surface area contributed by atoms with Gasteiger partial charge in [0.1, 0.15) is 0 Å². The van der Waals surface area contributed by atoms with E-state index in [4.69, 9.17) is 9.72 Å². The molecule has 9 heteroatoms. The lowest BCUT2D eigenvalue weighted by Crippen LogP contribution is -2.57. The van der Waals surface area contributed by atoms with Gasteiger partial charge in [0, 0.05) is 56.8 Å². The summed E-state index contributed by atoms with van der Waals surface area (Å²) in [4.78, 5) is 14.0. The summed E-state index contributed by atoms with van der Waals surface area (Å²) in [6, 6.07) is 2.11. The zero-order chi connectivity index (χ0) is 14.3. The molecule has 0 radical (unpaired) electrons. The van der Waals surface area contributed by atoms with Crippen LogP contribution < -0.4 is 10.2 Å². The molecule has 138 valence electrons. The number of nitrogens with one attached hydrogen (secondary N) is 1. The van der Waals surface area contributed by atoms with Gasteiger partial charge in [-0.2, -0.15) is 0 Å². The maximum absolute atomic E-state index is 5.41. The first-order valence-corrected chi connectivity index (χ1v) is 7.82. The average molecular weight is 399 g/mol. The summed E-state index contributed by atoms with van der Waals surface area (Å²) in [5.41, 5.74) is 1.59. The molecule has 1 aromatic rings. The van der Waals surface area contributed by atoms with Crippen molar-refractivity contribution in [1.82, 2.24) is 20.2 Å². The summed E-state index contributed by atoms with van der Waals surface area (Å²) in [6.07, 6.45) is 1.92. The fourth-order valence-electron chi connectivity index (χ4n) is 3.90. The highest BCUT2D eigenvalue weighted by Gasteiger charge is 2.50. The maximum atomic E-state index is 5.41. The van der Waals surface area contributed by atoms with Crippen LogP contribution in [0.5, 0.6) is 0 Å². The van der Waals surface area contributed by atoms with Crippen LogP contribution in [0.2, 0.25) is 0 Å². The SMILES string of the molecule is CN1CC(c2ccnc(N3CCOCC3)n2)C2(CNC2)C1.Cl.Cl.Cl. The number of rotatable bonds is 2. The first-order valence-electron chi connectivity index (χ1n) is 7.82. The normalized spacial score (nSPS) is 25.2. The number of morpholine rings is 1. The van der Waals surface area contributed by atoms with E-state index in [1.165, 1.54) is 12.2 Å². The van der Waals surface area contributed by atoms with Crippen LogP contribution in [0.15, 0.2) is 12.3 Å². The number of aromatic nitrogens is 2. The highest BCUT2D eigenvalue weighted by atomic mass is 35.5. The standard InChI is InChI=1S/C15H23N5O.3ClH/c1-19-8-12(15(11-19)9-16-10-15)13-2-3-17-14(18-13)20-4-6-21-7-5-20;;;/h2-3,12,16H,4-11H2,1H3;3*1H. The molecule has 4 heterocycles. The molecule has 0 aliphatic carbocycles. The Hall–Kier alpha value is -0.370. The average Bonchev–Trinajstić information content (AvgIpc) is 2.86. The van der Waals surface area contributed by atoms with Gasteiger partial charge in [-0.25, -0.2) is 9.97 Å². The summed E-state index contributed by atoms with van der Waals surface area (Å²) >= 11 is 0. The van der Waals surface area contributed by atoms with Crippen molar-refractivity contribution in [2.75, 3.05) is 64.4 Å². The van der Waals surface area contributed by atoms with Crippen LogP contribution in [0.3, 0.4) is 0 Å². The number of likely N-dealkylation sites (tertiary alicyclic amines) is 1.